The topological polar surface area (TPSA) is 81.9 Å². The molecule has 0 spiro atoms. The third kappa shape index (κ3) is 3.38. The van der Waals surface area contributed by atoms with E-state index in [1.807, 2.05) is 47.8 Å². The molecule has 5 rings (SSSR count). The summed E-state index contributed by atoms with van der Waals surface area (Å²) in [5, 5.41) is 14.0. The van der Waals surface area contributed by atoms with E-state index in [9.17, 15) is 4.79 Å². The van der Waals surface area contributed by atoms with Gasteiger partial charge >= 0.3 is 0 Å². The molecule has 1 aliphatic heterocycles. The molecule has 0 saturated carbocycles. The van der Waals surface area contributed by atoms with Crippen LogP contribution in [0.1, 0.15) is 21.7 Å². The van der Waals surface area contributed by atoms with Crippen LogP contribution in [0.3, 0.4) is 0 Å². The van der Waals surface area contributed by atoms with Crippen molar-refractivity contribution in [1.82, 2.24) is 20.0 Å². The number of ether oxygens (including phenoxy) is 1. The van der Waals surface area contributed by atoms with Gasteiger partial charge in [0.05, 0.1) is 23.7 Å². The second-order valence-electron chi connectivity index (χ2n) is 6.67. The minimum atomic E-state index is -0.326. The lowest BCUT2D eigenvalue weighted by Gasteiger charge is -2.01. The van der Waals surface area contributed by atoms with E-state index < -0.39 is 0 Å². The normalized spacial score (nSPS) is 12.4. The molecule has 0 aliphatic carbocycles. The number of thiazole rings is 1. The lowest BCUT2D eigenvalue weighted by Crippen LogP contribution is -2.14. The number of carbonyl (C=O) groups is 1. The maximum absolute atomic E-state index is 12.7. The van der Waals surface area contributed by atoms with Crippen LogP contribution in [0.25, 0.3) is 16.9 Å². The van der Waals surface area contributed by atoms with Crippen molar-refractivity contribution in [2.45, 2.75) is 13.3 Å². The van der Waals surface area contributed by atoms with Crippen LogP contribution in [0.2, 0.25) is 0 Å². The quantitative estimate of drug-likeness (QED) is 0.559. The molecular formula is C21H17N5O2S. The predicted molar refractivity (Wildman–Crippen MR) is 111 cm³/mol. The Bertz CT molecular complexity index is 1200. The lowest BCUT2D eigenvalue weighted by atomic mass is 10.1. The van der Waals surface area contributed by atoms with Crippen molar-refractivity contribution in [3.8, 4) is 22.7 Å². The summed E-state index contributed by atoms with van der Waals surface area (Å²) in [5.74, 6) is 0.613. The van der Waals surface area contributed by atoms with Gasteiger partial charge in [-0.1, -0.05) is 18.2 Å². The van der Waals surface area contributed by atoms with Crippen LogP contribution in [-0.2, 0) is 6.42 Å². The molecule has 3 heterocycles. The van der Waals surface area contributed by atoms with E-state index in [4.69, 9.17) is 4.74 Å². The first kappa shape index (κ1) is 17.6. The Labute approximate surface area is 171 Å². The molecule has 8 heteroatoms. The van der Waals surface area contributed by atoms with Gasteiger partial charge in [0.15, 0.2) is 10.8 Å². The molecule has 0 atom stereocenters. The van der Waals surface area contributed by atoms with Crippen LogP contribution in [-0.4, -0.2) is 32.5 Å². The van der Waals surface area contributed by atoms with Crippen LogP contribution in [0.5, 0.6) is 5.75 Å². The predicted octanol–water partition coefficient (Wildman–Crippen LogP) is 3.89. The first-order valence-corrected chi connectivity index (χ1v) is 10.1. The number of fused-ring (bicyclic) bond motifs is 1. The number of nitrogens with zero attached hydrogens (tertiary/aromatic N) is 4. The summed E-state index contributed by atoms with van der Waals surface area (Å²) in [4.78, 5) is 18.7. The van der Waals surface area contributed by atoms with Crippen molar-refractivity contribution < 1.29 is 9.53 Å². The summed E-state index contributed by atoms with van der Waals surface area (Å²) in [6.45, 7) is 2.49. The zero-order valence-corrected chi connectivity index (χ0v) is 16.4. The first-order valence-electron chi connectivity index (χ1n) is 9.20. The minimum Gasteiger partial charge on any atom is -0.493 e. The average Bonchev–Trinajstić information content (AvgIpc) is 3.47. The number of anilines is 1. The van der Waals surface area contributed by atoms with E-state index in [1.165, 1.54) is 21.7 Å². The Kier molecular flexibility index (Phi) is 4.33. The van der Waals surface area contributed by atoms with Gasteiger partial charge in [0.1, 0.15) is 5.75 Å². The van der Waals surface area contributed by atoms with Gasteiger partial charge in [-0.3, -0.25) is 10.1 Å². The van der Waals surface area contributed by atoms with Crippen LogP contribution in [0.4, 0.5) is 5.13 Å². The second-order valence-corrected chi connectivity index (χ2v) is 7.53. The molecule has 144 valence electrons. The molecule has 0 fully saturated rings. The van der Waals surface area contributed by atoms with Gasteiger partial charge in [-0.15, -0.1) is 16.4 Å². The molecule has 0 saturated heterocycles. The molecule has 2 aromatic carbocycles. The summed E-state index contributed by atoms with van der Waals surface area (Å²) in [7, 11) is 0. The Morgan fingerprint density at radius 3 is 2.90 bits per heavy atom. The third-order valence-corrected chi connectivity index (χ3v) is 5.45. The number of nitrogens with one attached hydrogen (secondary N) is 1. The smallest absolute Gasteiger partial charge is 0.279 e. The number of aryl methyl sites for hydroxylation is 1. The molecule has 7 nitrogen and oxygen atoms in total. The van der Waals surface area contributed by atoms with E-state index in [0.29, 0.717) is 10.8 Å². The molecule has 0 bridgehead atoms. The Morgan fingerprint density at radius 2 is 2.03 bits per heavy atom. The number of hydrogen-bond acceptors (Lipinski definition) is 6. The number of para-hydroxylation sites is 1. The molecule has 4 aromatic rings. The minimum absolute atomic E-state index is 0.278. The second kappa shape index (κ2) is 7.14. The fraction of sp³-hybridized carbons (Fsp3) is 0.143. The van der Waals surface area contributed by atoms with Gasteiger partial charge in [-0.05, 0) is 42.8 Å². The zero-order valence-electron chi connectivity index (χ0n) is 15.6. The highest BCUT2D eigenvalue weighted by Crippen LogP contribution is 2.32. The van der Waals surface area contributed by atoms with Crippen molar-refractivity contribution >= 4 is 22.4 Å². The monoisotopic (exact) mass is 403 g/mol. The fourth-order valence-corrected chi connectivity index (χ4v) is 3.95. The van der Waals surface area contributed by atoms with E-state index >= 15 is 0 Å². The highest BCUT2D eigenvalue weighted by molar-refractivity contribution is 7.14. The highest BCUT2D eigenvalue weighted by Gasteiger charge is 2.19. The summed E-state index contributed by atoms with van der Waals surface area (Å²) < 4.78 is 5.55. The van der Waals surface area contributed by atoms with E-state index in [2.05, 4.69) is 26.6 Å². The van der Waals surface area contributed by atoms with Crippen molar-refractivity contribution in [2.75, 3.05) is 11.9 Å². The van der Waals surface area contributed by atoms with Crippen LogP contribution in [0.15, 0.2) is 53.9 Å². The number of aromatic nitrogens is 4. The van der Waals surface area contributed by atoms with Gasteiger partial charge in [-0.2, -0.15) is 9.90 Å². The summed E-state index contributed by atoms with van der Waals surface area (Å²) in [6.07, 6.45) is 0.910. The maximum Gasteiger partial charge on any atom is 0.279 e. The van der Waals surface area contributed by atoms with Crippen LogP contribution < -0.4 is 10.1 Å². The standard InChI is InChI=1S/C21H17N5O2S/c1-13-19(25-26(24-13)16-5-3-2-4-6-16)20(27)23-21-22-17(12-29-21)14-7-8-18-15(11-14)9-10-28-18/h2-8,11-12H,9-10H2,1H3,(H,22,23,27). The van der Waals surface area contributed by atoms with Crippen molar-refractivity contribution in [2.24, 2.45) is 0 Å². The lowest BCUT2D eigenvalue weighted by molar-refractivity contribution is 0.102. The Morgan fingerprint density at radius 1 is 1.17 bits per heavy atom. The molecule has 0 radical (unpaired) electrons. The number of hydrogen-bond donors (Lipinski definition) is 1. The number of benzene rings is 2. The highest BCUT2D eigenvalue weighted by atomic mass is 32.1. The van der Waals surface area contributed by atoms with Crippen LogP contribution >= 0.6 is 11.3 Å². The summed E-state index contributed by atoms with van der Waals surface area (Å²) >= 11 is 1.38. The number of carbonyl (C=O) groups excluding carboxylic acids is 1. The molecule has 1 aliphatic rings. The van der Waals surface area contributed by atoms with Crippen molar-refractivity contribution in [3.05, 3.63) is 70.9 Å². The van der Waals surface area contributed by atoms with E-state index in [0.717, 1.165) is 35.7 Å². The van der Waals surface area contributed by atoms with Crippen LogP contribution in [0, 0.1) is 6.92 Å². The van der Waals surface area contributed by atoms with Crippen molar-refractivity contribution in [3.63, 3.8) is 0 Å². The van der Waals surface area contributed by atoms with Gasteiger partial charge < -0.3 is 4.74 Å². The number of rotatable bonds is 4. The summed E-state index contributed by atoms with van der Waals surface area (Å²) in [5.41, 5.74) is 4.66. The molecule has 29 heavy (non-hydrogen) atoms. The first-order chi connectivity index (χ1) is 14.2. The zero-order chi connectivity index (χ0) is 19.8. The Balaban J connectivity index is 1.35. The largest absolute Gasteiger partial charge is 0.493 e. The third-order valence-electron chi connectivity index (χ3n) is 4.69. The number of amides is 1. The molecular weight excluding hydrogens is 386 g/mol. The SMILES string of the molecule is Cc1nn(-c2ccccc2)nc1C(=O)Nc1nc(-c2ccc3c(c2)CCO3)cs1. The summed E-state index contributed by atoms with van der Waals surface area (Å²) in [6, 6.07) is 15.5. The molecule has 2 aromatic heterocycles. The average molecular weight is 403 g/mol. The van der Waals surface area contributed by atoms with E-state index in [1.54, 1.807) is 6.92 Å². The molecule has 1 N–H and O–H groups in total. The molecule has 1 amide bonds. The van der Waals surface area contributed by atoms with Gasteiger partial charge in [0.25, 0.3) is 5.91 Å². The fourth-order valence-electron chi connectivity index (χ4n) is 3.23. The molecule has 0 unspecified atom stereocenters. The van der Waals surface area contributed by atoms with E-state index in [-0.39, 0.29) is 11.6 Å². The maximum atomic E-state index is 12.7. The Hall–Kier alpha value is -3.52. The van der Waals surface area contributed by atoms with Gasteiger partial charge in [0, 0.05) is 17.4 Å². The van der Waals surface area contributed by atoms with Crippen molar-refractivity contribution in [1.29, 1.82) is 0 Å². The van der Waals surface area contributed by atoms with Gasteiger partial charge in [0.2, 0.25) is 0 Å². The van der Waals surface area contributed by atoms with Gasteiger partial charge in [-0.25, -0.2) is 4.98 Å².